The second-order valence-corrected chi connectivity index (χ2v) is 7.47. The molecule has 0 spiro atoms. The van der Waals surface area contributed by atoms with Crippen LogP contribution >= 0.6 is 0 Å². The van der Waals surface area contributed by atoms with Crippen LogP contribution in [0.3, 0.4) is 0 Å². The molecule has 3 aliphatic rings. The van der Waals surface area contributed by atoms with Gasteiger partial charge in [-0.05, 0) is 60.8 Å². The normalized spacial score (nSPS) is 31.4. The van der Waals surface area contributed by atoms with Crippen molar-refractivity contribution in [3.8, 4) is 0 Å². The maximum atomic E-state index is 2.74. The van der Waals surface area contributed by atoms with Crippen molar-refractivity contribution in [2.75, 3.05) is 4.90 Å². The zero-order chi connectivity index (χ0) is 14.7. The Morgan fingerprint density at radius 2 is 1.77 bits per heavy atom. The molecule has 2 unspecified atom stereocenters. The number of fused-ring (bicyclic) bond motifs is 7. The highest BCUT2D eigenvalue weighted by atomic mass is 15.2. The van der Waals surface area contributed by atoms with Gasteiger partial charge in [0, 0.05) is 24.2 Å². The number of hydrogen-bond acceptors (Lipinski definition) is 1. The highest BCUT2D eigenvalue weighted by molar-refractivity contribution is 5.66. The summed E-state index contributed by atoms with van der Waals surface area (Å²) in [6.07, 6.45) is 4.37. The molecule has 0 N–H and O–H groups in total. The Kier molecular flexibility index (Phi) is 2.68. The monoisotopic (exact) mass is 289 g/mol. The Morgan fingerprint density at radius 3 is 2.64 bits per heavy atom. The Bertz CT molecular complexity index is 705. The third-order valence-electron chi connectivity index (χ3n) is 6.37. The highest BCUT2D eigenvalue weighted by Crippen LogP contribution is 2.61. The SMILES string of the molecule is Cc1cccc2c1[C@H]1C3CCC(C3)[C@H]1N2Cc1ccccc1. The van der Waals surface area contributed by atoms with Gasteiger partial charge < -0.3 is 4.90 Å². The molecule has 2 saturated carbocycles. The van der Waals surface area contributed by atoms with Crippen LogP contribution in [0.15, 0.2) is 48.5 Å². The van der Waals surface area contributed by atoms with Gasteiger partial charge in [0.25, 0.3) is 0 Å². The lowest BCUT2D eigenvalue weighted by atomic mass is 9.81. The largest absolute Gasteiger partial charge is 0.363 e. The van der Waals surface area contributed by atoms with Gasteiger partial charge in [0.1, 0.15) is 0 Å². The van der Waals surface area contributed by atoms with Crippen LogP contribution < -0.4 is 4.90 Å². The van der Waals surface area contributed by atoms with E-state index in [9.17, 15) is 0 Å². The fraction of sp³-hybridized carbons (Fsp3) is 0.429. The number of nitrogens with zero attached hydrogens (tertiary/aromatic N) is 1. The molecule has 1 nitrogen and oxygen atoms in total. The summed E-state index contributed by atoms with van der Waals surface area (Å²) in [4.78, 5) is 2.74. The lowest BCUT2D eigenvalue weighted by Crippen LogP contribution is -2.37. The summed E-state index contributed by atoms with van der Waals surface area (Å²) in [7, 11) is 0. The van der Waals surface area contributed by atoms with Crippen LogP contribution in [-0.2, 0) is 6.54 Å². The molecule has 1 heteroatoms. The summed E-state index contributed by atoms with van der Waals surface area (Å²) in [5, 5.41) is 0. The quantitative estimate of drug-likeness (QED) is 0.760. The fourth-order valence-electron chi connectivity index (χ4n) is 5.60. The minimum absolute atomic E-state index is 0.759. The first kappa shape index (κ1) is 12.8. The van der Waals surface area contributed by atoms with E-state index in [0.29, 0.717) is 0 Å². The van der Waals surface area contributed by atoms with Crippen LogP contribution in [0.25, 0.3) is 0 Å². The summed E-state index contributed by atoms with van der Waals surface area (Å²) in [5.74, 6) is 2.67. The summed E-state index contributed by atoms with van der Waals surface area (Å²) >= 11 is 0. The van der Waals surface area contributed by atoms with Crippen molar-refractivity contribution < 1.29 is 0 Å². The van der Waals surface area contributed by atoms with E-state index in [1.807, 2.05) is 0 Å². The maximum Gasteiger partial charge on any atom is 0.0433 e. The van der Waals surface area contributed by atoms with E-state index in [1.165, 1.54) is 36.1 Å². The van der Waals surface area contributed by atoms with Gasteiger partial charge in [0.15, 0.2) is 0 Å². The van der Waals surface area contributed by atoms with Gasteiger partial charge in [-0.25, -0.2) is 0 Å². The number of rotatable bonds is 2. The van der Waals surface area contributed by atoms with Gasteiger partial charge in [0.2, 0.25) is 0 Å². The smallest absolute Gasteiger partial charge is 0.0433 e. The van der Waals surface area contributed by atoms with E-state index < -0.39 is 0 Å². The Balaban J connectivity index is 1.61. The summed E-state index contributed by atoms with van der Waals surface area (Å²) in [6, 6.07) is 18.7. The fourth-order valence-corrected chi connectivity index (χ4v) is 5.60. The molecule has 2 aliphatic carbocycles. The van der Waals surface area contributed by atoms with Crippen LogP contribution in [0.4, 0.5) is 5.69 Å². The molecule has 2 bridgehead atoms. The van der Waals surface area contributed by atoms with Crippen molar-refractivity contribution in [3.05, 3.63) is 65.2 Å². The van der Waals surface area contributed by atoms with Gasteiger partial charge in [-0.1, -0.05) is 42.5 Å². The average molecular weight is 289 g/mol. The molecule has 112 valence electrons. The number of anilines is 1. The average Bonchev–Trinajstić information content (AvgIpc) is 3.21. The molecule has 4 atom stereocenters. The first-order valence-corrected chi connectivity index (χ1v) is 8.73. The lowest BCUT2D eigenvalue weighted by Gasteiger charge is -2.33. The van der Waals surface area contributed by atoms with E-state index in [-0.39, 0.29) is 0 Å². The molecule has 2 aromatic carbocycles. The first-order chi connectivity index (χ1) is 10.8. The molecular formula is C21H23N. The predicted octanol–water partition coefficient (Wildman–Crippen LogP) is 4.90. The van der Waals surface area contributed by atoms with Gasteiger partial charge in [-0.2, -0.15) is 0 Å². The Labute approximate surface area is 133 Å². The molecule has 0 saturated heterocycles. The van der Waals surface area contributed by atoms with Gasteiger partial charge >= 0.3 is 0 Å². The van der Waals surface area contributed by atoms with Gasteiger partial charge in [-0.15, -0.1) is 0 Å². The molecule has 5 rings (SSSR count). The Hall–Kier alpha value is -1.76. The second-order valence-electron chi connectivity index (χ2n) is 7.47. The van der Waals surface area contributed by atoms with Crippen molar-refractivity contribution in [1.82, 2.24) is 0 Å². The number of benzene rings is 2. The van der Waals surface area contributed by atoms with Crippen LogP contribution in [0.5, 0.6) is 0 Å². The number of aryl methyl sites for hydroxylation is 1. The summed E-state index contributed by atoms with van der Waals surface area (Å²) in [6.45, 7) is 3.38. The van der Waals surface area contributed by atoms with Crippen molar-refractivity contribution in [1.29, 1.82) is 0 Å². The topological polar surface area (TPSA) is 3.24 Å². The summed E-state index contributed by atoms with van der Waals surface area (Å²) in [5.41, 5.74) is 6.15. The van der Waals surface area contributed by atoms with E-state index in [1.54, 1.807) is 5.56 Å². The zero-order valence-corrected chi connectivity index (χ0v) is 13.2. The van der Waals surface area contributed by atoms with Crippen LogP contribution in [0, 0.1) is 18.8 Å². The van der Waals surface area contributed by atoms with Gasteiger partial charge in [-0.3, -0.25) is 0 Å². The molecular weight excluding hydrogens is 266 g/mol. The molecule has 2 fully saturated rings. The van der Waals surface area contributed by atoms with Crippen LogP contribution in [0.2, 0.25) is 0 Å². The lowest BCUT2D eigenvalue weighted by molar-refractivity contribution is 0.365. The van der Waals surface area contributed by atoms with E-state index in [0.717, 1.165) is 30.3 Å². The van der Waals surface area contributed by atoms with Crippen molar-refractivity contribution in [3.63, 3.8) is 0 Å². The highest BCUT2D eigenvalue weighted by Gasteiger charge is 2.55. The Morgan fingerprint density at radius 1 is 0.955 bits per heavy atom. The molecule has 1 aliphatic heterocycles. The van der Waals surface area contributed by atoms with Crippen molar-refractivity contribution in [2.45, 2.75) is 44.7 Å². The number of hydrogen-bond donors (Lipinski definition) is 0. The predicted molar refractivity (Wildman–Crippen MR) is 91.2 cm³/mol. The third-order valence-corrected chi connectivity index (χ3v) is 6.37. The van der Waals surface area contributed by atoms with E-state index in [2.05, 4.69) is 60.4 Å². The molecule has 1 heterocycles. The zero-order valence-electron chi connectivity index (χ0n) is 13.2. The molecule has 2 aromatic rings. The van der Waals surface area contributed by atoms with E-state index >= 15 is 0 Å². The minimum atomic E-state index is 0.759. The molecule has 22 heavy (non-hydrogen) atoms. The minimum Gasteiger partial charge on any atom is -0.363 e. The molecule has 0 aromatic heterocycles. The van der Waals surface area contributed by atoms with E-state index in [4.69, 9.17) is 0 Å². The van der Waals surface area contributed by atoms with Gasteiger partial charge in [0.05, 0.1) is 0 Å². The third kappa shape index (κ3) is 1.65. The maximum absolute atomic E-state index is 2.74. The standard InChI is InChI=1S/C21H23N/c1-14-6-5-9-18-19(14)20-16-10-11-17(12-16)21(20)22(18)13-15-7-3-2-4-8-15/h2-9,16-17,20-21H,10-13H2,1H3/t16?,17?,20-,21-/m1/s1. The van der Waals surface area contributed by atoms with Crippen molar-refractivity contribution in [2.24, 2.45) is 11.8 Å². The first-order valence-electron chi connectivity index (χ1n) is 8.73. The molecule has 0 amide bonds. The second kappa shape index (κ2) is 4.62. The molecule has 0 radical (unpaired) electrons. The van der Waals surface area contributed by atoms with Crippen molar-refractivity contribution >= 4 is 5.69 Å². The van der Waals surface area contributed by atoms with Crippen LogP contribution in [-0.4, -0.2) is 6.04 Å². The summed E-state index contributed by atoms with van der Waals surface area (Å²) < 4.78 is 0. The van der Waals surface area contributed by atoms with Crippen LogP contribution in [0.1, 0.15) is 41.9 Å².